The number of rotatable bonds is 6. The van der Waals surface area contributed by atoms with Crippen LogP contribution in [0.3, 0.4) is 0 Å². The summed E-state index contributed by atoms with van der Waals surface area (Å²) in [6.45, 7) is 15.2. The van der Waals surface area contributed by atoms with Crippen LogP contribution in [0.2, 0.25) is 0 Å². The number of aryl methyl sites for hydroxylation is 1. The molecule has 0 amide bonds. The van der Waals surface area contributed by atoms with E-state index in [1.165, 1.54) is 63.6 Å². The fourth-order valence-electron chi connectivity index (χ4n) is 3.23. The van der Waals surface area contributed by atoms with E-state index < -0.39 is 0 Å². The summed E-state index contributed by atoms with van der Waals surface area (Å²) >= 11 is 0. The van der Waals surface area contributed by atoms with Crippen molar-refractivity contribution in [2.75, 3.05) is 13.1 Å². The SMILES string of the molecule is CC.CC.CCCCC(Cc1ccccc1C)N1CCCCC1. The average Bonchev–Trinajstić information content (AvgIpc) is 2.64. The fraction of sp³-hybridized carbons (Fsp3) is 0.727. The smallest absolute Gasteiger partial charge is 0.0136 e. The van der Waals surface area contributed by atoms with Crippen LogP contribution in [0.5, 0.6) is 0 Å². The van der Waals surface area contributed by atoms with Crippen molar-refractivity contribution in [3.63, 3.8) is 0 Å². The molecule has 0 aliphatic carbocycles. The lowest BCUT2D eigenvalue weighted by molar-refractivity contribution is 0.152. The van der Waals surface area contributed by atoms with Crippen molar-refractivity contribution < 1.29 is 0 Å². The molecule has 1 aromatic carbocycles. The van der Waals surface area contributed by atoms with Gasteiger partial charge in [0.25, 0.3) is 0 Å². The molecule has 1 heterocycles. The maximum Gasteiger partial charge on any atom is 0.0136 e. The summed E-state index contributed by atoms with van der Waals surface area (Å²) in [5.41, 5.74) is 3.01. The summed E-state index contributed by atoms with van der Waals surface area (Å²) in [6.07, 6.45) is 9.52. The molecule has 1 unspecified atom stereocenters. The summed E-state index contributed by atoms with van der Waals surface area (Å²) in [7, 11) is 0. The van der Waals surface area contributed by atoms with Crippen molar-refractivity contribution in [1.82, 2.24) is 4.90 Å². The number of hydrogen-bond acceptors (Lipinski definition) is 1. The van der Waals surface area contributed by atoms with Gasteiger partial charge in [-0.2, -0.15) is 0 Å². The van der Waals surface area contributed by atoms with Crippen LogP contribution in [0.1, 0.15) is 84.3 Å². The van der Waals surface area contributed by atoms with Crippen LogP contribution in [0.15, 0.2) is 24.3 Å². The first-order chi connectivity index (χ1) is 11.3. The van der Waals surface area contributed by atoms with E-state index in [4.69, 9.17) is 0 Å². The van der Waals surface area contributed by atoms with Crippen LogP contribution in [-0.2, 0) is 6.42 Å². The van der Waals surface area contributed by atoms with Gasteiger partial charge in [0.1, 0.15) is 0 Å². The number of hydrogen-bond donors (Lipinski definition) is 0. The molecule has 1 heteroatoms. The first-order valence-electron chi connectivity index (χ1n) is 10.1. The minimum Gasteiger partial charge on any atom is -0.300 e. The Hall–Kier alpha value is -0.820. The molecule has 2 rings (SSSR count). The zero-order valence-electron chi connectivity index (χ0n) is 16.7. The van der Waals surface area contributed by atoms with Crippen LogP contribution in [-0.4, -0.2) is 24.0 Å². The highest BCUT2D eigenvalue weighted by atomic mass is 15.2. The first-order valence-corrected chi connectivity index (χ1v) is 10.1. The van der Waals surface area contributed by atoms with Gasteiger partial charge in [-0.3, -0.25) is 0 Å². The normalized spacial score (nSPS) is 15.7. The number of benzene rings is 1. The fourth-order valence-corrected chi connectivity index (χ4v) is 3.23. The highest BCUT2D eigenvalue weighted by Crippen LogP contribution is 2.21. The molecule has 1 aliphatic rings. The van der Waals surface area contributed by atoms with E-state index in [0.717, 1.165) is 6.04 Å². The highest BCUT2D eigenvalue weighted by Gasteiger charge is 2.20. The summed E-state index contributed by atoms with van der Waals surface area (Å²) in [5.74, 6) is 0. The lowest BCUT2D eigenvalue weighted by Gasteiger charge is -2.35. The Morgan fingerprint density at radius 3 is 2.13 bits per heavy atom. The maximum absolute atomic E-state index is 2.76. The van der Waals surface area contributed by atoms with Gasteiger partial charge < -0.3 is 4.90 Å². The molecule has 1 aliphatic heterocycles. The molecular weight excluding hydrogens is 278 g/mol. The standard InChI is InChI=1S/C18H29N.2C2H6/c1-3-4-12-18(19-13-8-5-9-14-19)15-17-11-7-6-10-16(17)2;2*1-2/h6-7,10-11,18H,3-5,8-9,12-15H2,1-2H3;2*1-2H3. The molecule has 1 nitrogen and oxygen atoms in total. The topological polar surface area (TPSA) is 3.24 Å². The predicted octanol–water partition coefficient (Wildman–Crippen LogP) is 6.63. The second-order valence-electron chi connectivity index (χ2n) is 6.02. The van der Waals surface area contributed by atoms with Gasteiger partial charge in [-0.15, -0.1) is 0 Å². The molecule has 134 valence electrons. The largest absolute Gasteiger partial charge is 0.300 e. The molecule has 1 aromatic rings. The third-order valence-electron chi connectivity index (χ3n) is 4.51. The van der Waals surface area contributed by atoms with E-state index in [1.807, 2.05) is 27.7 Å². The van der Waals surface area contributed by atoms with Crippen LogP contribution < -0.4 is 0 Å². The molecule has 0 bridgehead atoms. The zero-order chi connectivity index (χ0) is 17.5. The minimum atomic E-state index is 0.765. The Balaban J connectivity index is 0.00000112. The van der Waals surface area contributed by atoms with E-state index >= 15 is 0 Å². The van der Waals surface area contributed by atoms with Gasteiger partial charge in [0.2, 0.25) is 0 Å². The molecule has 1 fully saturated rings. The van der Waals surface area contributed by atoms with Crippen LogP contribution >= 0.6 is 0 Å². The molecule has 0 spiro atoms. The van der Waals surface area contributed by atoms with Gasteiger partial charge in [-0.1, -0.05) is 78.1 Å². The van der Waals surface area contributed by atoms with E-state index in [2.05, 4.69) is 43.0 Å². The quantitative estimate of drug-likeness (QED) is 0.568. The van der Waals surface area contributed by atoms with E-state index in [9.17, 15) is 0 Å². The van der Waals surface area contributed by atoms with Gasteiger partial charge >= 0.3 is 0 Å². The first kappa shape index (κ1) is 22.2. The van der Waals surface area contributed by atoms with Gasteiger partial charge in [-0.25, -0.2) is 0 Å². The monoisotopic (exact) mass is 319 g/mol. The predicted molar refractivity (Wildman–Crippen MR) is 106 cm³/mol. The average molecular weight is 320 g/mol. The summed E-state index contributed by atoms with van der Waals surface area (Å²) in [4.78, 5) is 2.76. The van der Waals surface area contributed by atoms with Gasteiger partial charge in [-0.05, 0) is 56.8 Å². The lowest BCUT2D eigenvalue weighted by atomic mass is 9.95. The summed E-state index contributed by atoms with van der Waals surface area (Å²) in [6, 6.07) is 9.68. The third kappa shape index (κ3) is 8.55. The van der Waals surface area contributed by atoms with E-state index in [0.29, 0.717) is 0 Å². The Labute approximate surface area is 146 Å². The third-order valence-corrected chi connectivity index (χ3v) is 4.51. The number of unbranched alkanes of at least 4 members (excludes halogenated alkanes) is 1. The molecule has 1 saturated heterocycles. The van der Waals surface area contributed by atoms with Crippen molar-refractivity contribution in [1.29, 1.82) is 0 Å². The van der Waals surface area contributed by atoms with Crippen LogP contribution in [0.4, 0.5) is 0 Å². The second-order valence-corrected chi connectivity index (χ2v) is 6.02. The van der Waals surface area contributed by atoms with Crippen molar-refractivity contribution in [3.8, 4) is 0 Å². The van der Waals surface area contributed by atoms with Crippen molar-refractivity contribution >= 4 is 0 Å². The lowest BCUT2D eigenvalue weighted by Crippen LogP contribution is -2.40. The molecule has 0 aromatic heterocycles. The molecule has 0 saturated carbocycles. The van der Waals surface area contributed by atoms with Crippen molar-refractivity contribution in [2.24, 2.45) is 0 Å². The molecular formula is C22H41N. The summed E-state index contributed by atoms with van der Waals surface area (Å²) < 4.78 is 0. The zero-order valence-corrected chi connectivity index (χ0v) is 16.7. The molecule has 0 radical (unpaired) electrons. The number of likely N-dealkylation sites (tertiary alicyclic amines) is 1. The molecule has 23 heavy (non-hydrogen) atoms. The van der Waals surface area contributed by atoms with E-state index in [-0.39, 0.29) is 0 Å². The maximum atomic E-state index is 2.76. The van der Waals surface area contributed by atoms with Crippen LogP contribution in [0, 0.1) is 6.92 Å². The Kier molecular flexibility index (Phi) is 14.2. The van der Waals surface area contributed by atoms with Crippen molar-refractivity contribution in [3.05, 3.63) is 35.4 Å². The highest BCUT2D eigenvalue weighted by molar-refractivity contribution is 5.26. The van der Waals surface area contributed by atoms with Gasteiger partial charge in [0.05, 0.1) is 0 Å². The molecule has 1 atom stereocenters. The van der Waals surface area contributed by atoms with Gasteiger partial charge in [0.15, 0.2) is 0 Å². The van der Waals surface area contributed by atoms with Crippen LogP contribution in [0.25, 0.3) is 0 Å². The molecule has 0 N–H and O–H groups in total. The van der Waals surface area contributed by atoms with E-state index in [1.54, 1.807) is 5.56 Å². The van der Waals surface area contributed by atoms with Gasteiger partial charge in [0, 0.05) is 6.04 Å². The second kappa shape index (κ2) is 14.8. The summed E-state index contributed by atoms with van der Waals surface area (Å²) in [5, 5.41) is 0. The minimum absolute atomic E-state index is 0.765. The number of piperidine rings is 1. The Bertz CT molecular complexity index is 366. The van der Waals surface area contributed by atoms with Crippen molar-refractivity contribution in [2.45, 2.75) is 92.5 Å². The Morgan fingerprint density at radius 1 is 0.957 bits per heavy atom. The Morgan fingerprint density at radius 2 is 1.57 bits per heavy atom. The number of nitrogens with zero attached hydrogens (tertiary/aromatic N) is 1.